The van der Waals surface area contributed by atoms with E-state index < -0.39 is 0 Å². The van der Waals surface area contributed by atoms with E-state index in [1.54, 1.807) is 0 Å². The Morgan fingerprint density at radius 2 is 0.734 bits per heavy atom. The highest BCUT2D eigenvalue weighted by atomic mass is 15.4. The number of hydrogen-bond donors (Lipinski definition) is 0. The molecule has 8 heterocycles. The summed E-state index contributed by atoms with van der Waals surface area (Å²) in [5.74, 6) is 0. The van der Waals surface area contributed by atoms with Gasteiger partial charge >= 0.3 is 0 Å². The molecule has 0 saturated carbocycles. The van der Waals surface area contributed by atoms with Crippen LogP contribution in [0.2, 0.25) is 0 Å². The Morgan fingerprint density at radius 3 is 1.32 bits per heavy atom. The molecular weight excluding hydrogens is 1330 g/mol. The molecule has 4 aliphatic rings. The lowest BCUT2D eigenvalue weighted by atomic mass is 9.96. The van der Waals surface area contributed by atoms with E-state index in [2.05, 4.69) is 469 Å². The van der Waals surface area contributed by atoms with Crippen molar-refractivity contribution in [3.05, 3.63) is 481 Å². The maximum Gasteiger partial charge on any atom is 0.145 e. The molecule has 16 aromatic rings. The quantitative estimate of drug-likeness (QED) is 0.0953. The van der Waals surface area contributed by atoms with Crippen molar-refractivity contribution in [1.29, 1.82) is 0 Å². The van der Waals surface area contributed by atoms with Crippen LogP contribution in [0, 0.1) is 61.3 Å². The number of anilines is 2. The van der Waals surface area contributed by atoms with Gasteiger partial charge in [-0.25, -0.2) is 0 Å². The van der Waals surface area contributed by atoms with E-state index in [0.717, 1.165) is 13.1 Å². The molecule has 0 fully saturated rings. The van der Waals surface area contributed by atoms with Crippen LogP contribution in [0.4, 0.5) is 11.4 Å². The van der Waals surface area contributed by atoms with Gasteiger partial charge in [0.25, 0.3) is 0 Å². The van der Waals surface area contributed by atoms with Crippen molar-refractivity contribution >= 4 is 43.8 Å². The molecule has 4 aliphatic heterocycles. The van der Waals surface area contributed by atoms with Gasteiger partial charge in [0.15, 0.2) is 0 Å². The maximum absolute atomic E-state index is 2.45. The lowest BCUT2D eigenvalue weighted by molar-refractivity contribution is -0.630. The summed E-state index contributed by atoms with van der Waals surface area (Å²) in [6.45, 7) is 21.7. The zero-order valence-corrected chi connectivity index (χ0v) is 62.3. The molecule has 8 heteroatoms. The minimum Gasteiger partial charge on any atom is -0.341 e. The monoisotopic (exact) mass is 1410 g/mol. The fraction of sp³-hybridized carbons (Fsp3) is 0.109. The molecule has 8 nitrogen and oxygen atoms in total. The fourth-order valence-electron chi connectivity index (χ4n) is 16.9. The first-order valence-electron chi connectivity index (χ1n) is 38.0. The van der Waals surface area contributed by atoms with Crippen LogP contribution in [0.1, 0.15) is 108 Å². The average Bonchev–Trinajstić information content (AvgIpc) is 1.64. The smallest absolute Gasteiger partial charge is 0.145 e. The summed E-state index contributed by atoms with van der Waals surface area (Å²) in [4.78, 5) is 9.73. The van der Waals surface area contributed by atoms with E-state index in [0.29, 0.717) is 0 Å². The minimum atomic E-state index is 0.170. The van der Waals surface area contributed by atoms with Crippen molar-refractivity contribution in [3.8, 4) is 11.3 Å². The van der Waals surface area contributed by atoms with Gasteiger partial charge in [0.05, 0.1) is 36.6 Å². The van der Waals surface area contributed by atoms with Crippen molar-refractivity contribution in [1.82, 2.24) is 9.80 Å². The van der Waals surface area contributed by atoms with Gasteiger partial charge in [-0.2, -0.15) is 0 Å². The molecule has 532 valence electrons. The highest BCUT2D eigenvalue weighted by molar-refractivity contribution is 5.96. The van der Waals surface area contributed by atoms with E-state index >= 15 is 0 Å². The van der Waals surface area contributed by atoms with E-state index in [9.17, 15) is 0 Å². The number of rotatable bonds is 11. The van der Waals surface area contributed by atoms with Crippen molar-refractivity contribution in [2.24, 2.45) is 0 Å². The second-order valence-electron chi connectivity index (χ2n) is 29.0. The molecule has 0 N–H and O–H groups in total. The second kappa shape index (κ2) is 30.8. The fourth-order valence-corrected chi connectivity index (χ4v) is 16.9. The summed E-state index contributed by atoms with van der Waals surface area (Å²) in [6, 6.07) is 129. The molecule has 4 atom stereocenters. The first-order chi connectivity index (χ1) is 53.7. The van der Waals surface area contributed by atoms with Gasteiger partial charge in [-0.1, -0.05) is 339 Å². The number of para-hydroxylation sites is 1. The molecule has 12 aromatic carbocycles. The highest BCUT2D eigenvalue weighted by Gasteiger charge is 2.38. The topological polar surface area (TPSA) is 28.5 Å². The standard InChI is InChI=1S/C30H24N2.2C24H20N2.C23H24N2/c1-3-11-23(12-4-1)21-31-22-32-28(27-18-9-16-24-13-7-8-17-26(24)27)19-10-20-29(32)30(31)25-14-5-2-6-15-25;1-18-9-2-4-12-20(18)24-23-14-6-7-16-25(23)17-26(24)22-15-8-11-19-10-3-5-13-21(19)22;1-3-9-19(10-4-1)17-25-18-26-22-14-8-7-11-20(22)15-16-23(26)24(25)21-12-5-2-6-13-21;1-16-13-18(3)22(19(4)14-16)25-15-24-12-8-7-11-21(24)23(25)20-10-6-5-9-17(20)2/h1-20,22,30H,21H2;2-17,24H,1H3;1-16,18,24H,17H2;5-15,23H,1-4H3. The molecule has 0 aliphatic carbocycles. The lowest BCUT2D eigenvalue weighted by Gasteiger charge is -2.30. The summed E-state index contributed by atoms with van der Waals surface area (Å²) < 4.78 is 9.20. The third-order valence-electron chi connectivity index (χ3n) is 21.8. The van der Waals surface area contributed by atoms with Crippen molar-refractivity contribution in [3.63, 3.8) is 0 Å². The Labute approximate surface area is 641 Å². The van der Waals surface area contributed by atoms with Crippen molar-refractivity contribution < 1.29 is 18.3 Å². The van der Waals surface area contributed by atoms with Gasteiger partial charge in [-0.05, 0) is 142 Å². The van der Waals surface area contributed by atoms with Crippen LogP contribution in [0.3, 0.4) is 0 Å². The van der Waals surface area contributed by atoms with Gasteiger partial charge in [0.2, 0.25) is 0 Å². The van der Waals surface area contributed by atoms with Gasteiger partial charge in [-0.15, -0.1) is 0 Å². The highest BCUT2D eigenvalue weighted by Crippen LogP contribution is 2.44. The third kappa shape index (κ3) is 13.9. The first kappa shape index (κ1) is 69.1. The number of benzene rings is 12. The number of hydrogen-bond acceptors (Lipinski definition) is 4. The van der Waals surface area contributed by atoms with Gasteiger partial charge in [0, 0.05) is 29.9 Å². The molecule has 20 rings (SSSR count). The molecule has 4 aromatic heterocycles. The van der Waals surface area contributed by atoms with Crippen LogP contribution in [-0.2, 0) is 13.1 Å². The zero-order valence-electron chi connectivity index (χ0n) is 62.3. The molecule has 0 amide bonds. The van der Waals surface area contributed by atoms with Crippen LogP contribution in [-0.4, -0.2) is 9.80 Å². The predicted octanol–water partition coefficient (Wildman–Crippen LogP) is 20.9. The normalized spacial score (nSPS) is 15.8. The summed E-state index contributed by atoms with van der Waals surface area (Å²) in [5, 5.41) is 6.35. The van der Waals surface area contributed by atoms with Crippen LogP contribution in [0.5, 0.6) is 0 Å². The molecule has 4 unspecified atom stereocenters. The van der Waals surface area contributed by atoms with E-state index in [1.165, 1.54) is 139 Å². The largest absolute Gasteiger partial charge is 0.341 e. The first-order valence-corrected chi connectivity index (χ1v) is 38.0. The van der Waals surface area contributed by atoms with E-state index in [4.69, 9.17) is 0 Å². The Kier molecular flexibility index (Phi) is 19.6. The van der Waals surface area contributed by atoms with Crippen LogP contribution >= 0.6 is 0 Å². The molecular formula is C101H88N8. The van der Waals surface area contributed by atoms with Crippen LogP contribution < -0.4 is 28.1 Å². The summed E-state index contributed by atoms with van der Waals surface area (Å²) in [5.41, 5.74) is 26.0. The molecule has 0 spiro atoms. The van der Waals surface area contributed by atoms with Crippen molar-refractivity contribution in [2.45, 2.75) is 71.9 Å². The number of aryl methyl sites for hydroxylation is 5. The number of pyridine rings is 4. The Morgan fingerprint density at radius 1 is 0.303 bits per heavy atom. The summed E-state index contributed by atoms with van der Waals surface area (Å²) in [6.07, 6.45) is 4.27. The Balaban J connectivity index is 0.000000107. The number of fused-ring (bicyclic) bond motifs is 8. The average molecular weight is 1410 g/mol. The Bertz CT molecular complexity index is 5870. The minimum absolute atomic E-state index is 0.170. The number of nitrogens with zero attached hydrogens (tertiary/aromatic N) is 8. The van der Waals surface area contributed by atoms with Crippen molar-refractivity contribution in [2.75, 3.05) is 9.80 Å². The zero-order chi connectivity index (χ0) is 73.7. The van der Waals surface area contributed by atoms with Crippen LogP contribution in [0.15, 0.2) is 370 Å². The van der Waals surface area contributed by atoms with Gasteiger partial charge in [-0.3, -0.25) is 9.80 Å². The SMILES string of the molecule is Cc1cc(C)c(N2[CH-][n+]3ccccc3C2c2ccccc2C)c(C)c1.Cc1ccccc1C1c2cccc[n+]2[CH-]N1c1cccc2ccccc12.c1ccc(CN2[CH-][n+]3c(-c4cccc5ccccc45)cccc3C2c2ccccc2)cc1.c1ccc(CN2[CH-][n+]3c(ccc4ccccc43)C2c2ccccc2)cc1. The third-order valence-corrected chi connectivity index (χ3v) is 21.8. The van der Waals surface area contributed by atoms with Gasteiger partial charge in [0.1, 0.15) is 60.7 Å². The van der Waals surface area contributed by atoms with Gasteiger partial charge < -0.3 is 28.1 Å². The predicted molar refractivity (Wildman–Crippen MR) is 442 cm³/mol. The molecule has 109 heavy (non-hydrogen) atoms. The summed E-state index contributed by atoms with van der Waals surface area (Å²) >= 11 is 0. The van der Waals surface area contributed by atoms with Crippen LogP contribution in [0.25, 0.3) is 43.7 Å². The molecule has 0 saturated heterocycles. The Hall–Kier alpha value is -13.0. The molecule has 0 radical (unpaired) electrons. The number of aromatic nitrogens is 4. The summed E-state index contributed by atoms with van der Waals surface area (Å²) in [7, 11) is 0. The second-order valence-corrected chi connectivity index (χ2v) is 29.0. The van der Waals surface area contributed by atoms with E-state index in [-0.39, 0.29) is 24.2 Å². The van der Waals surface area contributed by atoms with E-state index in [1.807, 2.05) is 0 Å². The molecule has 0 bridgehead atoms. The lowest BCUT2D eigenvalue weighted by Crippen LogP contribution is -2.36. The maximum atomic E-state index is 2.45.